The summed E-state index contributed by atoms with van der Waals surface area (Å²) in [5.74, 6) is -1.20. The van der Waals surface area contributed by atoms with Crippen LogP contribution in [0.15, 0.2) is 112 Å². The smallest absolute Gasteiger partial charge is 0.354 e. The molecule has 0 aliphatic carbocycles. The predicted molar refractivity (Wildman–Crippen MR) is 184 cm³/mol. The molecule has 0 aliphatic heterocycles. The summed E-state index contributed by atoms with van der Waals surface area (Å²) in [5.41, 5.74) is 0.785. The highest BCUT2D eigenvalue weighted by Crippen LogP contribution is 2.33. The van der Waals surface area contributed by atoms with Crippen molar-refractivity contribution in [1.82, 2.24) is 10.2 Å². The highest BCUT2D eigenvalue weighted by molar-refractivity contribution is 9.10. The van der Waals surface area contributed by atoms with Crippen LogP contribution in [-0.4, -0.2) is 44.3 Å². The van der Waals surface area contributed by atoms with Crippen LogP contribution in [0.5, 0.6) is 0 Å². The van der Waals surface area contributed by atoms with Crippen molar-refractivity contribution in [3.8, 4) is 0 Å². The van der Waals surface area contributed by atoms with Gasteiger partial charge in [-0.2, -0.15) is 13.2 Å². The third-order valence-corrected chi connectivity index (χ3v) is 9.97. The minimum atomic E-state index is -4.76. The van der Waals surface area contributed by atoms with Crippen molar-refractivity contribution in [2.45, 2.75) is 56.8 Å². The lowest BCUT2D eigenvalue weighted by atomic mass is 10.0. The summed E-state index contributed by atoms with van der Waals surface area (Å²) in [4.78, 5) is 29.4. The first kappa shape index (κ1) is 36.7. The number of amides is 2. The number of aryl methyl sites for hydroxylation is 1. The van der Waals surface area contributed by atoms with E-state index in [2.05, 4.69) is 21.2 Å². The molecule has 48 heavy (non-hydrogen) atoms. The van der Waals surface area contributed by atoms with Gasteiger partial charge in [-0.15, -0.1) is 0 Å². The first-order valence-corrected chi connectivity index (χ1v) is 17.6. The molecule has 0 saturated heterocycles. The summed E-state index contributed by atoms with van der Waals surface area (Å²) in [6.07, 6.45) is -3.11. The van der Waals surface area contributed by atoms with Crippen LogP contribution in [0.25, 0.3) is 0 Å². The molecular weight excluding hydrogens is 707 g/mol. The van der Waals surface area contributed by atoms with Crippen molar-refractivity contribution in [3.05, 3.63) is 130 Å². The number of rotatable bonds is 14. The topological polar surface area (TPSA) is 86.8 Å². The number of unbranched alkanes of at least 4 members (excludes halogenated alkanes) is 1. The Morgan fingerprint density at radius 3 is 2.19 bits per heavy atom. The summed E-state index contributed by atoms with van der Waals surface area (Å²) in [6.45, 7) is 3.19. The van der Waals surface area contributed by atoms with E-state index in [1.54, 1.807) is 43.3 Å². The molecule has 0 unspecified atom stereocenters. The van der Waals surface area contributed by atoms with E-state index >= 15 is 0 Å². The normalized spacial score (nSPS) is 12.3. The minimum absolute atomic E-state index is 0.0714. The molecule has 0 radical (unpaired) electrons. The second kappa shape index (κ2) is 16.3. The Labute approximate surface area is 287 Å². The van der Waals surface area contributed by atoms with Crippen molar-refractivity contribution in [2.24, 2.45) is 0 Å². The molecule has 254 valence electrons. The van der Waals surface area contributed by atoms with Gasteiger partial charge in [0.15, 0.2) is 0 Å². The number of nitrogens with zero attached hydrogens (tertiary/aromatic N) is 2. The van der Waals surface area contributed by atoms with E-state index in [-0.39, 0.29) is 23.5 Å². The van der Waals surface area contributed by atoms with Gasteiger partial charge in [0, 0.05) is 24.0 Å². The number of halogens is 4. The molecule has 0 fully saturated rings. The molecule has 0 spiro atoms. The third-order valence-electron chi connectivity index (χ3n) is 7.69. The molecule has 4 aromatic rings. The van der Waals surface area contributed by atoms with Crippen LogP contribution in [0, 0.1) is 6.92 Å². The first-order valence-electron chi connectivity index (χ1n) is 15.4. The number of hydrogen-bond acceptors (Lipinski definition) is 4. The summed E-state index contributed by atoms with van der Waals surface area (Å²) in [5, 5.41) is 2.91. The number of nitrogens with one attached hydrogen (secondary N) is 1. The lowest BCUT2D eigenvalue weighted by molar-refractivity contribution is -0.140. The van der Waals surface area contributed by atoms with Gasteiger partial charge in [0.1, 0.15) is 12.6 Å². The Hall–Kier alpha value is -4.16. The third kappa shape index (κ3) is 9.70. The Morgan fingerprint density at radius 1 is 0.875 bits per heavy atom. The summed E-state index contributed by atoms with van der Waals surface area (Å²) < 4.78 is 71.1. The number of anilines is 1. The Kier molecular flexibility index (Phi) is 12.4. The first-order chi connectivity index (χ1) is 22.8. The number of hydrogen-bond donors (Lipinski definition) is 1. The second-order valence-electron chi connectivity index (χ2n) is 11.4. The van der Waals surface area contributed by atoms with E-state index in [9.17, 15) is 31.2 Å². The molecule has 0 aromatic heterocycles. The number of carbonyl (C=O) groups excluding carboxylic acids is 2. The highest BCUT2D eigenvalue weighted by Gasteiger charge is 2.36. The fourth-order valence-corrected chi connectivity index (χ4v) is 6.95. The molecule has 0 saturated carbocycles. The average molecular weight is 745 g/mol. The summed E-state index contributed by atoms with van der Waals surface area (Å²) >= 11 is 3.44. The molecule has 12 heteroatoms. The Balaban J connectivity index is 1.83. The molecule has 4 aromatic carbocycles. The Morgan fingerprint density at radius 2 is 1.54 bits per heavy atom. The molecule has 0 bridgehead atoms. The van der Waals surface area contributed by atoms with Crippen LogP contribution >= 0.6 is 15.9 Å². The van der Waals surface area contributed by atoms with Gasteiger partial charge in [-0.25, -0.2) is 8.42 Å². The van der Waals surface area contributed by atoms with Gasteiger partial charge in [-0.1, -0.05) is 95.5 Å². The number of carbonyl (C=O) groups is 2. The zero-order chi connectivity index (χ0) is 34.9. The van der Waals surface area contributed by atoms with Crippen molar-refractivity contribution in [1.29, 1.82) is 0 Å². The van der Waals surface area contributed by atoms with E-state index < -0.39 is 46.2 Å². The zero-order valence-corrected chi connectivity index (χ0v) is 29.0. The van der Waals surface area contributed by atoms with Crippen LogP contribution in [0.4, 0.5) is 18.9 Å². The number of alkyl halides is 3. The maximum atomic E-state index is 14.5. The second-order valence-corrected chi connectivity index (χ2v) is 14.2. The largest absolute Gasteiger partial charge is 0.416 e. The van der Waals surface area contributed by atoms with Gasteiger partial charge in [0.05, 0.1) is 16.1 Å². The van der Waals surface area contributed by atoms with Gasteiger partial charge in [0.25, 0.3) is 10.0 Å². The summed E-state index contributed by atoms with van der Waals surface area (Å²) in [7, 11) is -4.55. The van der Waals surface area contributed by atoms with Gasteiger partial charge in [-0.3, -0.25) is 13.9 Å². The van der Waals surface area contributed by atoms with E-state index in [0.717, 1.165) is 34.2 Å². The lowest BCUT2D eigenvalue weighted by Gasteiger charge is -2.34. The number of sulfonamides is 1. The van der Waals surface area contributed by atoms with Crippen LogP contribution < -0.4 is 9.62 Å². The van der Waals surface area contributed by atoms with Crippen LogP contribution in [0.2, 0.25) is 0 Å². The molecule has 1 N–H and O–H groups in total. The van der Waals surface area contributed by atoms with Crippen molar-refractivity contribution >= 4 is 43.5 Å². The molecule has 7 nitrogen and oxygen atoms in total. The fourth-order valence-electron chi connectivity index (χ4n) is 5.10. The van der Waals surface area contributed by atoms with Gasteiger partial charge >= 0.3 is 6.18 Å². The van der Waals surface area contributed by atoms with Crippen LogP contribution in [0.3, 0.4) is 0 Å². The van der Waals surface area contributed by atoms with E-state index in [4.69, 9.17) is 0 Å². The maximum absolute atomic E-state index is 14.5. The van der Waals surface area contributed by atoms with Crippen molar-refractivity contribution < 1.29 is 31.2 Å². The monoisotopic (exact) mass is 743 g/mol. The summed E-state index contributed by atoms with van der Waals surface area (Å²) in [6, 6.07) is 24.8. The maximum Gasteiger partial charge on any atom is 0.416 e. The standard InChI is InChI=1S/C36H37BrF3N3O4S/c1-3-4-20-41-35(45)33(22-27-10-6-5-7-11-27)42(24-28-12-8-14-30(37)21-28)34(44)25-43(31-15-9-13-29(23-31)36(38,39)40)48(46,47)32-18-16-26(2)17-19-32/h5-19,21,23,33H,3-4,20,22,24-25H2,1-2H3,(H,41,45)/t33-/m0/s1. The molecule has 2 amide bonds. The Bertz CT molecular complexity index is 1800. The zero-order valence-electron chi connectivity index (χ0n) is 26.6. The quantitative estimate of drug-likeness (QED) is 0.135. The lowest BCUT2D eigenvalue weighted by Crippen LogP contribution is -2.53. The van der Waals surface area contributed by atoms with Crippen molar-refractivity contribution in [3.63, 3.8) is 0 Å². The van der Waals surface area contributed by atoms with Gasteiger partial charge in [-0.05, 0) is 66.9 Å². The number of benzene rings is 4. The molecule has 1 atom stereocenters. The predicted octanol–water partition coefficient (Wildman–Crippen LogP) is 7.53. The average Bonchev–Trinajstić information content (AvgIpc) is 3.05. The SMILES string of the molecule is CCCCNC(=O)[C@H](Cc1ccccc1)N(Cc1cccc(Br)c1)C(=O)CN(c1cccc(C(F)(F)F)c1)S(=O)(=O)c1ccc(C)cc1. The van der Waals surface area contributed by atoms with Gasteiger partial charge in [0.2, 0.25) is 11.8 Å². The molecular formula is C36H37BrF3N3O4S. The van der Waals surface area contributed by atoms with E-state index in [1.807, 2.05) is 37.3 Å². The van der Waals surface area contributed by atoms with E-state index in [1.165, 1.54) is 23.1 Å². The van der Waals surface area contributed by atoms with E-state index in [0.29, 0.717) is 28.9 Å². The molecule has 0 aliphatic rings. The van der Waals surface area contributed by atoms with Gasteiger partial charge < -0.3 is 10.2 Å². The van der Waals surface area contributed by atoms with Crippen LogP contribution in [0.1, 0.15) is 42.0 Å². The van der Waals surface area contributed by atoms with Crippen molar-refractivity contribution in [2.75, 3.05) is 17.4 Å². The molecule has 4 rings (SSSR count). The highest BCUT2D eigenvalue weighted by atomic mass is 79.9. The molecule has 0 heterocycles. The fraction of sp³-hybridized carbons (Fsp3) is 0.278. The minimum Gasteiger partial charge on any atom is -0.354 e. The van der Waals surface area contributed by atoms with Crippen LogP contribution in [-0.2, 0) is 38.8 Å².